The molecule has 9 heteroatoms. The smallest absolute Gasteiger partial charge is 0.415 e. The molecule has 0 saturated heterocycles. The normalized spacial score (nSPS) is 12.0. The van der Waals surface area contributed by atoms with Gasteiger partial charge >= 0.3 is 7.60 Å². The third-order valence-electron chi connectivity index (χ3n) is 3.94. The lowest BCUT2D eigenvalue weighted by Gasteiger charge is -2.26. The van der Waals surface area contributed by atoms with E-state index >= 15 is 0 Å². The largest absolute Gasteiger partial charge is 0.452 e. The lowest BCUT2D eigenvalue weighted by atomic mass is 10.3. The van der Waals surface area contributed by atoms with Crippen molar-refractivity contribution >= 4 is 42.2 Å². The molecule has 3 aromatic rings. The van der Waals surface area contributed by atoms with Crippen molar-refractivity contribution in [1.82, 2.24) is 5.32 Å². The van der Waals surface area contributed by atoms with Gasteiger partial charge in [-0.3, -0.25) is 0 Å². The van der Waals surface area contributed by atoms with Gasteiger partial charge in [-0.2, -0.15) is 0 Å². The van der Waals surface area contributed by atoms with E-state index in [1.807, 2.05) is 12.1 Å². The van der Waals surface area contributed by atoms with E-state index in [9.17, 15) is 8.96 Å². The Morgan fingerprint density at radius 2 is 1.53 bits per heavy atom. The first kappa shape index (κ1) is 22.1. The monoisotopic (exact) mass is 464 g/mol. The molecule has 0 aliphatic heterocycles. The van der Waals surface area contributed by atoms with Gasteiger partial charge in [0.25, 0.3) is 0 Å². The van der Waals surface area contributed by atoms with Crippen LogP contribution in [0.5, 0.6) is 11.5 Å². The molecule has 0 amide bonds. The first-order chi connectivity index (χ1) is 14.4. The van der Waals surface area contributed by atoms with Crippen LogP contribution in [-0.4, -0.2) is 10.9 Å². The van der Waals surface area contributed by atoms with Crippen LogP contribution in [0.4, 0.5) is 10.1 Å². The molecule has 0 aromatic heterocycles. The number of nitrogens with one attached hydrogen (secondary N) is 2. The van der Waals surface area contributed by atoms with Gasteiger partial charge in [-0.1, -0.05) is 48.0 Å². The number of rotatable bonds is 7. The van der Waals surface area contributed by atoms with E-state index in [1.165, 1.54) is 18.2 Å². The van der Waals surface area contributed by atoms with Crippen LogP contribution in [-0.2, 0) is 4.57 Å². The molecular formula is C21H19ClFN2O3PS. The fourth-order valence-electron chi connectivity index (χ4n) is 2.44. The van der Waals surface area contributed by atoms with Crippen LogP contribution in [0.3, 0.4) is 0 Å². The van der Waals surface area contributed by atoms with E-state index < -0.39 is 19.2 Å². The Balaban J connectivity index is 1.76. The minimum atomic E-state index is -3.75. The van der Waals surface area contributed by atoms with Crippen LogP contribution in [0, 0.1) is 5.82 Å². The molecule has 0 spiro atoms. The summed E-state index contributed by atoms with van der Waals surface area (Å²) in [6.07, 6.45) is 0. The number of thiocarbonyl (C=S) groups is 1. The van der Waals surface area contributed by atoms with Gasteiger partial charge in [0.05, 0.1) is 5.02 Å². The van der Waals surface area contributed by atoms with E-state index in [-0.39, 0.29) is 10.1 Å². The average molecular weight is 465 g/mol. The Morgan fingerprint density at radius 1 is 1.00 bits per heavy atom. The highest BCUT2D eigenvalue weighted by Crippen LogP contribution is 2.51. The van der Waals surface area contributed by atoms with Crippen LogP contribution < -0.4 is 19.7 Å². The lowest BCUT2D eigenvalue weighted by Crippen LogP contribution is -2.37. The summed E-state index contributed by atoms with van der Waals surface area (Å²) in [5.74, 6) is -0.551. The zero-order valence-electron chi connectivity index (χ0n) is 15.9. The molecule has 1 unspecified atom stereocenters. The summed E-state index contributed by atoms with van der Waals surface area (Å²) in [7, 11) is -3.75. The maximum absolute atomic E-state index is 13.7. The Morgan fingerprint density at radius 3 is 2.03 bits per heavy atom. The Labute approximate surface area is 184 Å². The molecule has 0 radical (unpaired) electrons. The van der Waals surface area contributed by atoms with E-state index in [1.54, 1.807) is 55.5 Å². The summed E-state index contributed by atoms with van der Waals surface area (Å²) < 4.78 is 38.5. The molecule has 1 atom stereocenters. The zero-order valence-corrected chi connectivity index (χ0v) is 18.4. The molecule has 5 nitrogen and oxygen atoms in total. The van der Waals surface area contributed by atoms with E-state index in [4.69, 9.17) is 32.9 Å². The number of halogens is 2. The van der Waals surface area contributed by atoms with Gasteiger partial charge in [-0.05, 0) is 61.6 Å². The molecule has 0 heterocycles. The van der Waals surface area contributed by atoms with Gasteiger partial charge in [0.2, 0.25) is 0 Å². The van der Waals surface area contributed by atoms with E-state index in [0.717, 1.165) is 0 Å². The highest BCUT2D eigenvalue weighted by atomic mass is 35.5. The summed E-state index contributed by atoms with van der Waals surface area (Å²) in [4.78, 5) is 0. The molecule has 2 N–H and O–H groups in total. The lowest BCUT2D eigenvalue weighted by molar-refractivity contribution is 0.371. The highest BCUT2D eigenvalue weighted by molar-refractivity contribution is 7.80. The summed E-state index contributed by atoms with van der Waals surface area (Å²) in [5.41, 5.74) is 0.480. The van der Waals surface area contributed by atoms with Crippen molar-refractivity contribution in [3.05, 3.63) is 89.7 Å². The van der Waals surface area contributed by atoms with Gasteiger partial charge in [-0.25, -0.2) is 8.96 Å². The minimum absolute atomic E-state index is 0.0404. The van der Waals surface area contributed by atoms with Crippen molar-refractivity contribution in [2.24, 2.45) is 0 Å². The molecule has 30 heavy (non-hydrogen) atoms. The minimum Gasteiger partial charge on any atom is -0.415 e. The summed E-state index contributed by atoms with van der Waals surface area (Å²) in [5, 5.41) is 5.90. The quantitative estimate of drug-likeness (QED) is 0.309. The third kappa shape index (κ3) is 5.95. The van der Waals surface area contributed by atoms with Gasteiger partial charge in [0.1, 0.15) is 17.3 Å². The van der Waals surface area contributed by atoms with Crippen molar-refractivity contribution in [3.8, 4) is 11.5 Å². The van der Waals surface area contributed by atoms with Crippen molar-refractivity contribution < 1.29 is 18.0 Å². The van der Waals surface area contributed by atoms with Crippen molar-refractivity contribution in [2.45, 2.75) is 12.7 Å². The Hall–Kier alpha value is -2.60. The van der Waals surface area contributed by atoms with Crippen LogP contribution in [0.25, 0.3) is 0 Å². The van der Waals surface area contributed by atoms with E-state index in [2.05, 4.69) is 10.6 Å². The van der Waals surface area contributed by atoms with Crippen molar-refractivity contribution in [3.63, 3.8) is 0 Å². The molecule has 0 bridgehead atoms. The first-order valence-electron chi connectivity index (χ1n) is 8.97. The van der Waals surface area contributed by atoms with Gasteiger partial charge in [0.15, 0.2) is 10.9 Å². The SMILES string of the molecule is CC(NC(=S)Nc1ccc(F)c(Cl)c1)P(=O)(Oc1ccccc1)Oc1ccccc1. The molecule has 0 saturated carbocycles. The molecule has 3 rings (SSSR count). The fourth-order valence-corrected chi connectivity index (χ4v) is 4.48. The van der Waals surface area contributed by atoms with E-state index in [0.29, 0.717) is 17.2 Å². The maximum Gasteiger partial charge on any atom is 0.452 e. The second kappa shape index (κ2) is 9.94. The average Bonchev–Trinajstić information content (AvgIpc) is 2.72. The Kier molecular flexibility index (Phi) is 7.32. The summed E-state index contributed by atoms with van der Waals surface area (Å²) in [6.45, 7) is 1.64. The molecule has 0 aliphatic rings. The van der Waals surface area contributed by atoms with Crippen LogP contribution in [0.1, 0.15) is 6.92 Å². The Bertz CT molecular complexity index is 1010. The van der Waals surface area contributed by atoms with Crippen molar-refractivity contribution in [2.75, 3.05) is 5.32 Å². The van der Waals surface area contributed by atoms with Crippen LogP contribution in [0.2, 0.25) is 5.02 Å². The zero-order chi connectivity index (χ0) is 21.6. The predicted molar refractivity (Wildman–Crippen MR) is 122 cm³/mol. The van der Waals surface area contributed by atoms with Gasteiger partial charge in [0, 0.05) is 5.69 Å². The van der Waals surface area contributed by atoms with Crippen LogP contribution in [0.15, 0.2) is 78.9 Å². The number of anilines is 1. The third-order valence-corrected chi connectivity index (χ3v) is 6.46. The second-order valence-corrected chi connectivity index (χ2v) is 9.29. The molecule has 3 aromatic carbocycles. The standard InChI is InChI=1S/C21H19ClFN2O3PS/c1-15(24-21(30)25-16-12-13-20(23)19(22)14-16)29(26,27-17-8-4-2-5-9-17)28-18-10-6-3-7-11-18/h2-15H,1H3,(H2,24,25,30). The van der Waals surface area contributed by atoms with Gasteiger partial charge in [-0.15, -0.1) is 0 Å². The topological polar surface area (TPSA) is 59.6 Å². The number of hydrogen-bond acceptors (Lipinski definition) is 4. The van der Waals surface area contributed by atoms with Gasteiger partial charge < -0.3 is 19.7 Å². The number of para-hydroxylation sites is 2. The second-order valence-electron chi connectivity index (χ2n) is 6.25. The molecule has 0 fully saturated rings. The fraction of sp³-hybridized carbons (Fsp3) is 0.0952. The van der Waals surface area contributed by atoms with Crippen molar-refractivity contribution in [1.29, 1.82) is 0 Å². The first-order valence-corrected chi connectivity index (χ1v) is 11.4. The summed E-state index contributed by atoms with van der Waals surface area (Å²) in [6, 6.07) is 21.6. The molecule has 0 aliphatic carbocycles. The van der Waals surface area contributed by atoms with Crippen LogP contribution >= 0.6 is 31.4 Å². The number of benzene rings is 3. The maximum atomic E-state index is 13.7. The highest BCUT2D eigenvalue weighted by Gasteiger charge is 2.37. The number of hydrogen-bond donors (Lipinski definition) is 2. The molecule has 156 valence electrons. The molecular weight excluding hydrogens is 446 g/mol. The summed E-state index contributed by atoms with van der Waals surface area (Å²) >= 11 is 11.1. The predicted octanol–water partition coefficient (Wildman–Crippen LogP) is 6.46.